The maximum absolute atomic E-state index is 6.48. The van der Waals surface area contributed by atoms with E-state index in [4.69, 9.17) is 5.73 Å². The Morgan fingerprint density at radius 3 is 2.31 bits per heavy atom. The second kappa shape index (κ2) is 6.05. The van der Waals surface area contributed by atoms with Crippen molar-refractivity contribution in [2.75, 3.05) is 0 Å². The molecule has 1 aliphatic rings. The monoisotopic (exact) mass is 225 g/mol. The molecule has 0 aromatic carbocycles. The molecule has 0 radical (unpaired) electrons. The zero-order valence-corrected chi connectivity index (χ0v) is 11.8. The van der Waals surface area contributed by atoms with Crippen LogP contribution in [0.1, 0.15) is 72.6 Å². The minimum atomic E-state index is 0.431. The molecular formula is C15H31N. The van der Waals surface area contributed by atoms with Gasteiger partial charge in [0.25, 0.3) is 0 Å². The van der Waals surface area contributed by atoms with Gasteiger partial charge in [0, 0.05) is 6.04 Å². The van der Waals surface area contributed by atoms with Crippen LogP contribution in [0.3, 0.4) is 0 Å². The van der Waals surface area contributed by atoms with Crippen LogP contribution in [0.25, 0.3) is 0 Å². The van der Waals surface area contributed by atoms with Gasteiger partial charge in [-0.25, -0.2) is 0 Å². The molecule has 0 aromatic heterocycles. The lowest BCUT2D eigenvalue weighted by Crippen LogP contribution is -2.42. The zero-order valence-electron chi connectivity index (χ0n) is 11.8. The Labute approximate surface area is 102 Å². The molecule has 0 heterocycles. The molecule has 0 amide bonds. The molecule has 1 heteroatoms. The van der Waals surface area contributed by atoms with E-state index in [9.17, 15) is 0 Å². The fourth-order valence-corrected chi connectivity index (χ4v) is 3.49. The van der Waals surface area contributed by atoms with Gasteiger partial charge in [0.2, 0.25) is 0 Å². The van der Waals surface area contributed by atoms with Crippen molar-refractivity contribution in [3.63, 3.8) is 0 Å². The van der Waals surface area contributed by atoms with Crippen LogP contribution in [0.15, 0.2) is 0 Å². The summed E-state index contributed by atoms with van der Waals surface area (Å²) in [6.45, 7) is 9.44. The Morgan fingerprint density at radius 1 is 1.19 bits per heavy atom. The SMILES string of the molecule is CCC(CC)CC(N)C1CCCCC1(C)C. The number of hydrogen-bond acceptors (Lipinski definition) is 1. The maximum Gasteiger partial charge on any atom is 0.00748 e. The van der Waals surface area contributed by atoms with E-state index >= 15 is 0 Å². The highest BCUT2D eigenvalue weighted by atomic mass is 14.7. The molecule has 2 atom stereocenters. The summed E-state index contributed by atoms with van der Waals surface area (Å²) < 4.78 is 0. The van der Waals surface area contributed by atoms with Crippen LogP contribution in [-0.4, -0.2) is 6.04 Å². The predicted molar refractivity (Wildman–Crippen MR) is 72.4 cm³/mol. The maximum atomic E-state index is 6.48. The van der Waals surface area contributed by atoms with Gasteiger partial charge >= 0.3 is 0 Å². The first-order valence-electron chi connectivity index (χ1n) is 7.26. The Balaban J connectivity index is 2.54. The second-order valence-corrected chi connectivity index (χ2v) is 6.42. The third-order valence-corrected chi connectivity index (χ3v) is 4.87. The molecule has 0 aliphatic heterocycles. The van der Waals surface area contributed by atoms with Crippen molar-refractivity contribution in [1.29, 1.82) is 0 Å². The van der Waals surface area contributed by atoms with Crippen LogP contribution in [0.4, 0.5) is 0 Å². The van der Waals surface area contributed by atoms with Crippen molar-refractivity contribution in [3.05, 3.63) is 0 Å². The van der Waals surface area contributed by atoms with Crippen molar-refractivity contribution >= 4 is 0 Å². The molecule has 0 bridgehead atoms. The van der Waals surface area contributed by atoms with Gasteiger partial charge in [0.1, 0.15) is 0 Å². The van der Waals surface area contributed by atoms with Crippen molar-refractivity contribution < 1.29 is 0 Å². The van der Waals surface area contributed by atoms with E-state index in [0.717, 1.165) is 11.8 Å². The van der Waals surface area contributed by atoms with E-state index in [2.05, 4.69) is 27.7 Å². The first kappa shape index (κ1) is 14.0. The molecule has 0 spiro atoms. The summed E-state index contributed by atoms with van der Waals surface area (Å²) in [4.78, 5) is 0. The Morgan fingerprint density at radius 2 is 1.81 bits per heavy atom. The van der Waals surface area contributed by atoms with Gasteiger partial charge in [0.15, 0.2) is 0 Å². The largest absolute Gasteiger partial charge is 0.327 e. The van der Waals surface area contributed by atoms with Gasteiger partial charge in [-0.3, -0.25) is 0 Å². The first-order chi connectivity index (χ1) is 7.51. The highest BCUT2D eigenvalue weighted by Crippen LogP contribution is 2.43. The molecule has 2 unspecified atom stereocenters. The predicted octanol–water partition coefficient (Wildman–Crippen LogP) is 4.36. The average molecular weight is 225 g/mol. The Kier molecular flexibility index (Phi) is 5.30. The average Bonchev–Trinajstić information content (AvgIpc) is 2.24. The molecule has 0 aromatic rings. The van der Waals surface area contributed by atoms with Crippen LogP contribution < -0.4 is 5.73 Å². The van der Waals surface area contributed by atoms with Crippen LogP contribution >= 0.6 is 0 Å². The number of hydrogen-bond donors (Lipinski definition) is 1. The van der Waals surface area contributed by atoms with Crippen molar-refractivity contribution in [3.8, 4) is 0 Å². The first-order valence-corrected chi connectivity index (χ1v) is 7.26. The van der Waals surface area contributed by atoms with Crippen LogP contribution in [0.2, 0.25) is 0 Å². The van der Waals surface area contributed by atoms with Gasteiger partial charge in [-0.2, -0.15) is 0 Å². The second-order valence-electron chi connectivity index (χ2n) is 6.42. The standard InChI is InChI=1S/C15H31N/c1-5-12(6-2)11-14(16)13-9-7-8-10-15(13,3)4/h12-14H,5-11,16H2,1-4H3. The lowest BCUT2D eigenvalue weighted by Gasteiger charge is -2.42. The molecule has 1 aliphatic carbocycles. The van der Waals surface area contributed by atoms with E-state index in [-0.39, 0.29) is 0 Å². The lowest BCUT2D eigenvalue weighted by molar-refractivity contribution is 0.102. The van der Waals surface area contributed by atoms with Gasteiger partial charge in [-0.15, -0.1) is 0 Å². The summed E-state index contributed by atoms with van der Waals surface area (Å²) >= 11 is 0. The van der Waals surface area contributed by atoms with Crippen LogP contribution in [-0.2, 0) is 0 Å². The summed E-state index contributed by atoms with van der Waals surface area (Å²) in [5.74, 6) is 1.59. The summed E-state index contributed by atoms with van der Waals surface area (Å²) in [6, 6.07) is 0.431. The summed E-state index contributed by atoms with van der Waals surface area (Å²) in [7, 11) is 0. The molecule has 2 N–H and O–H groups in total. The highest BCUT2D eigenvalue weighted by Gasteiger charge is 2.36. The fourth-order valence-electron chi connectivity index (χ4n) is 3.49. The minimum absolute atomic E-state index is 0.431. The van der Waals surface area contributed by atoms with E-state index in [1.165, 1.54) is 44.9 Å². The summed E-state index contributed by atoms with van der Waals surface area (Å²) in [6.07, 6.45) is 9.34. The van der Waals surface area contributed by atoms with E-state index in [1.54, 1.807) is 0 Å². The summed E-state index contributed by atoms with van der Waals surface area (Å²) in [5.41, 5.74) is 6.95. The minimum Gasteiger partial charge on any atom is -0.327 e. The van der Waals surface area contributed by atoms with Crippen molar-refractivity contribution in [1.82, 2.24) is 0 Å². The van der Waals surface area contributed by atoms with E-state index in [1.807, 2.05) is 0 Å². The normalized spacial score (nSPS) is 27.0. The van der Waals surface area contributed by atoms with Crippen molar-refractivity contribution in [2.24, 2.45) is 23.0 Å². The smallest absolute Gasteiger partial charge is 0.00748 e. The molecule has 0 saturated heterocycles. The topological polar surface area (TPSA) is 26.0 Å². The lowest BCUT2D eigenvalue weighted by atomic mass is 9.65. The van der Waals surface area contributed by atoms with Crippen LogP contribution in [0.5, 0.6) is 0 Å². The third kappa shape index (κ3) is 3.48. The molecule has 1 rings (SSSR count). The third-order valence-electron chi connectivity index (χ3n) is 4.87. The highest BCUT2D eigenvalue weighted by molar-refractivity contribution is 4.89. The molecule has 96 valence electrons. The van der Waals surface area contributed by atoms with E-state index in [0.29, 0.717) is 11.5 Å². The molecule has 16 heavy (non-hydrogen) atoms. The number of rotatable bonds is 5. The van der Waals surface area contributed by atoms with Crippen LogP contribution in [0, 0.1) is 17.3 Å². The number of nitrogens with two attached hydrogens (primary N) is 1. The van der Waals surface area contributed by atoms with Gasteiger partial charge in [-0.05, 0) is 36.5 Å². The fraction of sp³-hybridized carbons (Fsp3) is 1.00. The van der Waals surface area contributed by atoms with Gasteiger partial charge in [-0.1, -0.05) is 53.4 Å². The quantitative estimate of drug-likeness (QED) is 0.739. The molecule has 1 nitrogen and oxygen atoms in total. The van der Waals surface area contributed by atoms with Crippen molar-refractivity contribution in [2.45, 2.75) is 78.7 Å². The Hall–Kier alpha value is -0.0400. The molecule has 1 saturated carbocycles. The summed E-state index contributed by atoms with van der Waals surface area (Å²) in [5, 5.41) is 0. The van der Waals surface area contributed by atoms with E-state index < -0.39 is 0 Å². The van der Waals surface area contributed by atoms with Gasteiger partial charge in [0.05, 0.1) is 0 Å². The zero-order chi connectivity index (χ0) is 12.2. The Bertz CT molecular complexity index is 194. The van der Waals surface area contributed by atoms with Gasteiger partial charge < -0.3 is 5.73 Å². The molecular weight excluding hydrogens is 194 g/mol. The molecule has 1 fully saturated rings.